The third-order valence-corrected chi connectivity index (χ3v) is 4.34. The molecule has 1 N–H and O–H groups in total. The van der Waals surface area contributed by atoms with Crippen LogP contribution in [0.5, 0.6) is 0 Å². The summed E-state index contributed by atoms with van der Waals surface area (Å²) in [7, 11) is 0. The van der Waals surface area contributed by atoms with Gasteiger partial charge < -0.3 is 10.0 Å². The van der Waals surface area contributed by atoms with Gasteiger partial charge in [0.2, 0.25) is 5.91 Å². The number of hydrogen-bond acceptors (Lipinski definition) is 4. The molecule has 2 aromatic rings. The fourth-order valence-electron chi connectivity index (χ4n) is 3.22. The van der Waals surface area contributed by atoms with E-state index in [2.05, 4.69) is 10.1 Å². The SMILES string of the molecule is C[C@]1(c2ccnc3ccnn23)CCCN1C(=O)CCC(=O)O. The first-order valence-electron chi connectivity index (χ1n) is 7.34. The highest BCUT2D eigenvalue weighted by molar-refractivity contribution is 5.81. The Morgan fingerprint density at radius 3 is 2.91 bits per heavy atom. The van der Waals surface area contributed by atoms with Crippen LogP contribution in [-0.4, -0.2) is 43.0 Å². The Morgan fingerprint density at radius 2 is 2.14 bits per heavy atom. The van der Waals surface area contributed by atoms with Gasteiger partial charge in [-0.3, -0.25) is 9.59 Å². The molecule has 3 rings (SSSR count). The van der Waals surface area contributed by atoms with Crippen molar-refractivity contribution < 1.29 is 14.7 Å². The second kappa shape index (κ2) is 5.40. The zero-order chi connectivity index (χ0) is 15.7. The van der Waals surface area contributed by atoms with Gasteiger partial charge >= 0.3 is 5.97 Å². The Kier molecular flexibility index (Phi) is 3.56. The lowest BCUT2D eigenvalue weighted by atomic mass is 9.93. The van der Waals surface area contributed by atoms with Gasteiger partial charge in [0.1, 0.15) is 0 Å². The lowest BCUT2D eigenvalue weighted by Crippen LogP contribution is -2.44. The number of carboxylic acids is 1. The number of nitrogens with zero attached hydrogens (tertiary/aromatic N) is 4. The summed E-state index contributed by atoms with van der Waals surface area (Å²) in [6, 6.07) is 3.70. The molecule has 0 bridgehead atoms. The van der Waals surface area contributed by atoms with E-state index in [1.807, 2.05) is 19.1 Å². The van der Waals surface area contributed by atoms with Crippen LogP contribution in [-0.2, 0) is 15.1 Å². The Balaban J connectivity index is 1.95. The van der Waals surface area contributed by atoms with Gasteiger partial charge in [-0.15, -0.1) is 0 Å². The van der Waals surface area contributed by atoms with E-state index in [-0.39, 0.29) is 18.7 Å². The van der Waals surface area contributed by atoms with E-state index >= 15 is 0 Å². The molecular weight excluding hydrogens is 284 g/mol. The Morgan fingerprint density at radius 1 is 1.32 bits per heavy atom. The summed E-state index contributed by atoms with van der Waals surface area (Å²) >= 11 is 0. The Bertz CT molecular complexity index is 726. The van der Waals surface area contributed by atoms with Crippen molar-refractivity contribution in [2.24, 2.45) is 0 Å². The van der Waals surface area contributed by atoms with Gasteiger partial charge in [-0.2, -0.15) is 5.10 Å². The van der Waals surface area contributed by atoms with Crippen LogP contribution in [0.3, 0.4) is 0 Å². The number of rotatable bonds is 4. The molecule has 116 valence electrons. The number of carbonyl (C=O) groups excluding carboxylic acids is 1. The van der Waals surface area contributed by atoms with Crippen LogP contribution in [0, 0.1) is 0 Å². The van der Waals surface area contributed by atoms with E-state index < -0.39 is 11.5 Å². The van der Waals surface area contributed by atoms with Crippen molar-refractivity contribution in [1.82, 2.24) is 19.5 Å². The van der Waals surface area contributed by atoms with Gasteiger partial charge in [-0.25, -0.2) is 9.50 Å². The summed E-state index contributed by atoms with van der Waals surface area (Å²) in [6.45, 7) is 2.65. The van der Waals surface area contributed by atoms with Crippen molar-refractivity contribution in [3.05, 3.63) is 30.2 Å². The maximum absolute atomic E-state index is 12.4. The first-order valence-corrected chi connectivity index (χ1v) is 7.34. The first kappa shape index (κ1) is 14.5. The molecule has 0 aliphatic carbocycles. The zero-order valence-corrected chi connectivity index (χ0v) is 12.4. The number of likely N-dealkylation sites (tertiary alicyclic amines) is 1. The average Bonchev–Trinajstić information content (AvgIpc) is 3.11. The van der Waals surface area contributed by atoms with Crippen LogP contribution >= 0.6 is 0 Å². The number of carboxylic acid groups (broad SMARTS) is 1. The fourth-order valence-corrected chi connectivity index (χ4v) is 3.22. The van der Waals surface area contributed by atoms with Gasteiger partial charge in [-0.1, -0.05) is 0 Å². The first-order chi connectivity index (χ1) is 10.5. The number of aliphatic carboxylic acids is 1. The molecule has 2 aromatic heterocycles. The number of hydrogen-bond donors (Lipinski definition) is 1. The van der Waals surface area contributed by atoms with Crippen molar-refractivity contribution in [2.75, 3.05) is 6.54 Å². The predicted molar refractivity (Wildman–Crippen MR) is 78.2 cm³/mol. The minimum atomic E-state index is -0.951. The maximum atomic E-state index is 12.4. The van der Waals surface area contributed by atoms with E-state index in [0.29, 0.717) is 6.54 Å². The molecule has 0 unspecified atom stereocenters. The largest absolute Gasteiger partial charge is 0.481 e. The molecule has 22 heavy (non-hydrogen) atoms. The lowest BCUT2D eigenvalue weighted by molar-refractivity contribution is -0.142. The minimum Gasteiger partial charge on any atom is -0.481 e. The van der Waals surface area contributed by atoms with Gasteiger partial charge in [0.05, 0.1) is 23.9 Å². The molecule has 7 heteroatoms. The minimum absolute atomic E-state index is 0.0260. The normalized spacial score (nSPS) is 21.4. The van der Waals surface area contributed by atoms with Crippen LogP contribution < -0.4 is 0 Å². The molecule has 1 atom stereocenters. The smallest absolute Gasteiger partial charge is 0.303 e. The highest BCUT2D eigenvalue weighted by Gasteiger charge is 2.42. The number of amides is 1. The van der Waals surface area contributed by atoms with Crippen LogP contribution in [0.4, 0.5) is 0 Å². The van der Waals surface area contributed by atoms with Crippen molar-refractivity contribution in [3.63, 3.8) is 0 Å². The van der Waals surface area contributed by atoms with Gasteiger partial charge in [0.25, 0.3) is 0 Å². The standard InChI is InChI=1S/C15H18N4O3/c1-15(11-5-8-16-12-6-9-17-19(11)12)7-2-10-18(15)13(20)3-4-14(21)22/h5-6,8-9H,2-4,7,10H2,1H3,(H,21,22)/t15-/m1/s1. The van der Waals surface area contributed by atoms with E-state index in [4.69, 9.17) is 5.11 Å². The quantitative estimate of drug-likeness (QED) is 0.923. The van der Waals surface area contributed by atoms with Gasteiger partial charge in [0.15, 0.2) is 5.65 Å². The number of fused-ring (bicyclic) bond motifs is 1. The molecular formula is C15H18N4O3. The summed E-state index contributed by atoms with van der Waals surface area (Å²) in [5, 5.41) is 13.1. The predicted octanol–water partition coefficient (Wildman–Crippen LogP) is 1.43. The van der Waals surface area contributed by atoms with E-state index in [9.17, 15) is 9.59 Å². The molecule has 1 aliphatic rings. The summed E-state index contributed by atoms with van der Waals surface area (Å²) in [4.78, 5) is 29.2. The van der Waals surface area contributed by atoms with E-state index in [1.54, 1.807) is 21.8 Å². The van der Waals surface area contributed by atoms with Crippen LogP contribution in [0.1, 0.15) is 38.3 Å². The topological polar surface area (TPSA) is 87.8 Å². The average molecular weight is 302 g/mol. The van der Waals surface area contributed by atoms with Gasteiger partial charge in [0, 0.05) is 25.2 Å². The summed E-state index contributed by atoms with van der Waals surface area (Å²) in [6.07, 6.45) is 5.00. The second-order valence-electron chi connectivity index (χ2n) is 5.75. The molecule has 0 aromatic carbocycles. The van der Waals surface area contributed by atoms with Crippen molar-refractivity contribution in [1.29, 1.82) is 0 Å². The molecule has 0 radical (unpaired) electrons. The molecule has 0 spiro atoms. The van der Waals surface area contributed by atoms with E-state index in [1.165, 1.54) is 0 Å². The van der Waals surface area contributed by atoms with Crippen LogP contribution in [0.2, 0.25) is 0 Å². The summed E-state index contributed by atoms with van der Waals surface area (Å²) < 4.78 is 1.75. The molecule has 0 saturated carbocycles. The third kappa shape index (κ3) is 2.32. The van der Waals surface area contributed by atoms with Gasteiger partial charge in [-0.05, 0) is 25.8 Å². The van der Waals surface area contributed by atoms with Crippen molar-refractivity contribution in [3.8, 4) is 0 Å². The third-order valence-electron chi connectivity index (χ3n) is 4.34. The summed E-state index contributed by atoms with van der Waals surface area (Å²) in [5.41, 5.74) is 1.16. The lowest BCUT2D eigenvalue weighted by Gasteiger charge is -2.35. The molecule has 1 amide bonds. The van der Waals surface area contributed by atoms with Crippen molar-refractivity contribution >= 4 is 17.5 Å². The molecule has 1 fully saturated rings. The molecule has 3 heterocycles. The number of carbonyl (C=O) groups is 2. The second-order valence-corrected chi connectivity index (χ2v) is 5.75. The molecule has 7 nitrogen and oxygen atoms in total. The van der Waals surface area contributed by atoms with Crippen molar-refractivity contribution in [2.45, 2.75) is 38.1 Å². The summed E-state index contributed by atoms with van der Waals surface area (Å²) in [5.74, 6) is -1.08. The molecule has 1 saturated heterocycles. The maximum Gasteiger partial charge on any atom is 0.303 e. The number of aromatic nitrogens is 3. The highest BCUT2D eigenvalue weighted by atomic mass is 16.4. The fraction of sp³-hybridized carbons (Fsp3) is 0.467. The van der Waals surface area contributed by atoms with Crippen LogP contribution in [0.25, 0.3) is 5.65 Å². The Labute approximate surface area is 127 Å². The monoisotopic (exact) mass is 302 g/mol. The molecule has 1 aliphatic heterocycles. The highest BCUT2D eigenvalue weighted by Crippen LogP contribution is 2.38. The zero-order valence-electron chi connectivity index (χ0n) is 12.4. The Hall–Kier alpha value is -2.44. The van der Waals surface area contributed by atoms with E-state index in [0.717, 1.165) is 24.2 Å². The van der Waals surface area contributed by atoms with Crippen LogP contribution in [0.15, 0.2) is 24.5 Å².